The van der Waals surface area contributed by atoms with Crippen molar-refractivity contribution in [2.45, 2.75) is 52.4 Å². The molecular formula is C15H23N. The van der Waals surface area contributed by atoms with Crippen LogP contribution in [0.15, 0.2) is 12.1 Å². The standard InChI is InChI=1S/C15H23N/c1-10(2)13-8-12-6-5-7-16-15(12)9-14(13)11(3)4/h8-11,16H,5-7H2,1-4H3. The zero-order chi connectivity index (χ0) is 11.7. The van der Waals surface area contributed by atoms with Crippen LogP contribution in [-0.4, -0.2) is 6.54 Å². The maximum absolute atomic E-state index is 3.52. The summed E-state index contributed by atoms with van der Waals surface area (Å²) in [5, 5.41) is 3.52. The number of fused-ring (bicyclic) bond motifs is 1. The SMILES string of the molecule is CC(C)c1cc2c(cc1C(C)C)NCCC2. The van der Waals surface area contributed by atoms with Gasteiger partial charge in [-0.05, 0) is 47.4 Å². The van der Waals surface area contributed by atoms with Gasteiger partial charge >= 0.3 is 0 Å². The molecule has 1 aromatic rings. The molecule has 1 heterocycles. The lowest BCUT2D eigenvalue weighted by Crippen LogP contribution is -2.13. The summed E-state index contributed by atoms with van der Waals surface area (Å²) in [7, 11) is 0. The van der Waals surface area contributed by atoms with Gasteiger partial charge in [0, 0.05) is 12.2 Å². The van der Waals surface area contributed by atoms with Gasteiger partial charge in [-0.1, -0.05) is 33.8 Å². The minimum atomic E-state index is 0.617. The second-order valence-electron chi connectivity index (χ2n) is 5.48. The Morgan fingerprint density at radius 1 is 1.00 bits per heavy atom. The van der Waals surface area contributed by atoms with Crippen molar-refractivity contribution < 1.29 is 0 Å². The predicted octanol–water partition coefficient (Wildman–Crippen LogP) is 4.29. The lowest BCUT2D eigenvalue weighted by atomic mass is 9.86. The molecule has 0 unspecified atom stereocenters. The van der Waals surface area contributed by atoms with E-state index in [2.05, 4.69) is 45.1 Å². The molecule has 0 aliphatic carbocycles. The molecule has 0 saturated heterocycles. The van der Waals surface area contributed by atoms with E-state index in [9.17, 15) is 0 Å². The maximum Gasteiger partial charge on any atom is 0.0375 e. The minimum Gasteiger partial charge on any atom is -0.385 e. The second-order valence-corrected chi connectivity index (χ2v) is 5.48. The third kappa shape index (κ3) is 2.09. The number of aryl methyl sites for hydroxylation is 1. The van der Waals surface area contributed by atoms with Crippen LogP contribution >= 0.6 is 0 Å². The topological polar surface area (TPSA) is 12.0 Å². The summed E-state index contributed by atoms with van der Waals surface area (Å²) in [5.74, 6) is 1.25. The molecule has 0 saturated carbocycles. The van der Waals surface area contributed by atoms with Gasteiger partial charge in [-0.2, -0.15) is 0 Å². The first kappa shape index (κ1) is 11.5. The number of rotatable bonds is 2. The van der Waals surface area contributed by atoms with E-state index in [4.69, 9.17) is 0 Å². The molecule has 1 N–H and O–H groups in total. The number of benzene rings is 1. The Labute approximate surface area is 99.3 Å². The van der Waals surface area contributed by atoms with Gasteiger partial charge in [0.25, 0.3) is 0 Å². The van der Waals surface area contributed by atoms with Crippen molar-refractivity contribution in [3.8, 4) is 0 Å². The normalized spacial score (nSPS) is 15.1. The van der Waals surface area contributed by atoms with Crippen LogP contribution in [0.25, 0.3) is 0 Å². The fraction of sp³-hybridized carbons (Fsp3) is 0.600. The van der Waals surface area contributed by atoms with Crippen molar-refractivity contribution in [2.24, 2.45) is 0 Å². The molecule has 0 atom stereocenters. The molecule has 0 spiro atoms. The Bertz CT molecular complexity index is 340. The van der Waals surface area contributed by atoms with E-state index in [0.717, 1.165) is 6.54 Å². The van der Waals surface area contributed by atoms with Gasteiger partial charge < -0.3 is 5.32 Å². The summed E-state index contributed by atoms with van der Waals surface area (Å²) in [5.41, 5.74) is 5.94. The average Bonchev–Trinajstić information content (AvgIpc) is 2.27. The summed E-state index contributed by atoms with van der Waals surface area (Å²) in [6, 6.07) is 4.82. The van der Waals surface area contributed by atoms with E-state index < -0.39 is 0 Å². The summed E-state index contributed by atoms with van der Waals surface area (Å²) >= 11 is 0. The smallest absolute Gasteiger partial charge is 0.0375 e. The molecule has 0 amide bonds. The molecule has 1 heteroatoms. The highest BCUT2D eigenvalue weighted by Crippen LogP contribution is 2.33. The molecule has 0 radical (unpaired) electrons. The summed E-state index contributed by atoms with van der Waals surface area (Å²) < 4.78 is 0. The van der Waals surface area contributed by atoms with Crippen molar-refractivity contribution in [2.75, 3.05) is 11.9 Å². The highest BCUT2D eigenvalue weighted by molar-refractivity contribution is 5.58. The molecule has 0 aromatic heterocycles. The van der Waals surface area contributed by atoms with Gasteiger partial charge in [0.1, 0.15) is 0 Å². The molecule has 88 valence electrons. The quantitative estimate of drug-likeness (QED) is 0.779. The van der Waals surface area contributed by atoms with Crippen LogP contribution in [0.1, 0.15) is 62.6 Å². The van der Waals surface area contributed by atoms with Crippen molar-refractivity contribution >= 4 is 5.69 Å². The van der Waals surface area contributed by atoms with Crippen molar-refractivity contribution in [1.82, 2.24) is 0 Å². The van der Waals surface area contributed by atoms with Crippen LogP contribution in [0.3, 0.4) is 0 Å². The molecule has 16 heavy (non-hydrogen) atoms. The Balaban J connectivity index is 2.50. The fourth-order valence-corrected chi connectivity index (χ4v) is 2.55. The molecule has 1 nitrogen and oxygen atoms in total. The Morgan fingerprint density at radius 3 is 2.25 bits per heavy atom. The first-order chi connectivity index (χ1) is 7.59. The van der Waals surface area contributed by atoms with Crippen LogP contribution in [0.5, 0.6) is 0 Å². The average molecular weight is 217 g/mol. The third-order valence-electron chi connectivity index (χ3n) is 3.49. The Kier molecular flexibility index (Phi) is 3.22. The zero-order valence-electron chi connectivity index (χ0n) is 10.9. The van der Waals surface area contributed by atoms with Crippen LogP contribution < -0.4 is 5.32 Å². The lowest BCUT2D eigenvalue weighted by molar-refractivity contribution is 0.773. The van der Waals surface area contributed by atoms with Gasteiger partial charge in [0.05, 0.1) is 0 Å². The number of nitrogens with one attached hydrogen (secondary N) is 1. The van der Waals surface area contributed by atoms with Crippen molar-refractivity contribution in [3.63, 3.8) is 0 Å². The number of hydrogen-bond donors (Lipinski definition) is 1. The van der Waals surface area contributed by atoms with Crippen LogP contribution in [-0.2, 0) is 6.42 Å². The van der Waals surface area contributed by atoms with Crippen LogP contribution in [0.2, 0.25) is 0 Å². The van der Waals surface area contributed by atoms with Crippen LogP contribution in [0, 0.1) is 0 Å². The van der Waals surface area contributed by atoms with Gasteiger partial charge in [0.15, 0.2) is 0 Å². The lowest BCUT2D eigenvalue weighted by Gasteiger charge is -2.24. The van der Waals surface area contributed by atoms with Gasteiger partial charge in [-0.15, -0.1) is 0 Å². The maximum atomic E-state index is 3.52. The summed E-state index contributed by atoms with van der Waals surface area (Å²) in [6.07, 6.45) is 2.51. The zero-order valence-corrected chi connectivity index (χ0v) is 10.9. The third-order valence-corrected chi connectivity index (χ3v) is 3.49. The molecule has 1 aromatic carbocycles. The first-order valence-corrected chi connectivity index (χ1v) is 6.50. The Morgan fingerprint density at radius 2 is 1.62 bits per heavy atom. The van der Waals surface area contributed by atoms with E-state index in [-0.39, 0.29) is 0 Å². The second kappa shape index (κ2) is 4.48. The highest BCUT2D eigenvalue weighted by atomic mass is 14.9. The monoisotopic (exact) mass is 217 g/mol. The highest BCUT2D eigenvalue weighted by Gasteiger charge is 2.16. The van der Waals surface area contributed by atoms with Gasteiger partial charge in [-0.25, -0.2) is 0 Å². The van der Waals surface area contributed by atoms with E-state index in [1.165, 1.54) is 35.2 Å². The molecule has 1 aliphatic rings. The van der Waals surface area contributed by atoms with Crippen LogP contribution in [0.4, 0.5) is 5.69 Å². The van der Waals surface area contributed by atoms with E-state index in [1.807, 2.05) is 0 Å². The van der Waals surface area contributed by atoms with Crippen molar-refractivity contribution in [3.05, 3.63) is 28.8 Å². The van der Waals surface area contributed by atoms with Gasteiger partial charge in [0.2, 0.25) is 0 Å². The van der Waals surface area contributed by atoms with Crippen molar-refractivity contribution in [1.29, 1.82) is 0 Å². The first-order valence-electron chi connectivity index (χ1n) is 6.50. The predicted molar refractivity (Wildman–Crippen MR) is 71.4 cm³/mol. The van der Waals surface area contributed by atoms with Gasteiger partial charge in [-0.3, -0.25) is 0 Å². The van der Waals surface area contributed by atoms with E-state index >= 15 is 0 Å². The summed E-state index contributed by atoms with van der Waals surface area (Å²) in [6.45, 7) is 10.3. The number of hydrogen-bond acceptors (Lipinski definition) is 1. The summed E-state index contributed by atoms with van der Waals surface area (Å²) in [4.78, 5) is 0. The largest absolute Gasteiger partial charge is 0.385 e. The molecule has 0 fully saturated rings. The molecule has 2 rings (SSSR count). The molecular weight excluding hydrogens is 194 g/mol. The van der Waals surface area contributed by atoms with E-state index in [1.54, 1.807) is 0 Å². The molecule has 0 bridgehead atoms. The molecule has 1 aliphatic heterocycles. The fourth-order valence-electron chi connectivity index (χ4n) is 2.55. The minimum absolute atomic E-state index is 0.617. The Hall–Kier alpha value is -0.980. The number of anilines is 1. The van der Waals surface area contributed by atoms with E-state index in [0.29, 0.717) is 11.8 Å².